The molecular formula is C26H41N3O4Si. The predicted octanol–water partition coefficient (Wildman–Crippen LogP) is 5.74. The third kappa shape index (κ3) is 6.70. The first-order valence-corrected chi connectivity index (χ1v) is 15.9. The fraction of sp³-hybridized carbons (Fsp3) is 0.615. The number of rotatable bonds is 8. The molecule has 8 heteroatoms. The van der Waals surface area contributed by atoms with E-state index in [1.165, 1.54) is 0 Å². The van der Waals surface area contributed by atoms with E-state index < -0.39 is 13.7 Å². The van der Waals surface area contributed by atoms with E-state index in [9.17, 15) is 9.90 Å². The number of nitrogens with zero attached hydrogens (tertiary/aromatic N) is 3. The van der Waals surface area contributed by atoms with Crippen molar-refractivity contribution in [1.29, 1.82) is 0 Å². The number of carbonyl (C=O) groups is 1. The molecule has 188 valence electrons. The Morgan fingerprint density at radius 3 is 2.47 bits per heavy atom. The average Bonchev–Trinajstić information content (AvgIpc) is 3.34. The maximum Gasteiger partial charge on any atom is 0.410 e. The fourth-order valence-corrected chi connectivity index (χ4v) is 4.87. The molecule has 0 saturated carbocycles. The zero-order valence-electron chi connectivity index (χ0n) is 21.9. The van der Waals surface area contributed by atoms with Crippen LogP contribution in [0.1, 0.15) is 56.7 Å². The third-order valence-corrected chi connectivity index (χ3v) is 7.68. The number of carbonyl (C=O) groups excluding carboxylic acids is 1. The molecule has 1 aliphatic rings. The number of hydrogen-bond donors (Lipinski definition) is 1. The lowest BCUT2D eigenvalue weighted by Gasteiger charge is -2.28. The molecule has 0 radical (unpaired) electrons. The molecule has 2 aromatic rings. The van der Waals surface area contributed by atoms with E-state index in [2.05, 4.69) is 19.6 Å². The summed E-state index contributed by atoms with van der Waals surface area (Å²) in [4.78, 5) is 19.8. The van der Waals surface area contributed by atoms with Gasteiger partial charge in [-0.3, -0.25) is 4.90 Å². The number of hydrogen-bond acceptors (Lipinski definition) is 5. The molecule has 0 aliphatic carbocycles. The van der Waals surface area contributed by atoms with E-state index in [1.807, 2.05) is 56.5 Å². The Kier molecular flexibility index (Phi) is 8.26. The van der Waals surface area contributed by atoms with E-state index in [0.717, 1.165) is 41.5 Å². The van der Waals surface area contributed by atoms with Crippen molar-refractivity contribution in [2.24, 2.45) is 0 Å². The molecule has 0 bridgehead atoms. The molecule has 1 fully saturated rings. The minimum absolute atomic E-state index is 0.160. The van der Waals surface area contributed by atoms with Crippen molar-refractivity contribution in [2.45, 2.75) is 91.2 Å². The van der Waals surface area contributed by atoms with Gasteiger partial charge in [0.1, 0.15) is 18.2 Å². The predicted molar refractivity (Wildman–Crippen MR) is 137 cm³/mol. The average molecular weight is 488 g/mol. The highest BCUT2D eigenvalue weighted by Gasteiger charge is 2.37. The number of likely N-dealkylation sites (tertiary alicyclic amines) is 1. The Balaban J connectivity index is 1.98. The van der Waals surface area contributed by atoms with Gasteiger partial charge in [0.25, 0.3) is 0 Å². The summed E-state index contributed by atoms with van der Waals surface area (Å²) in [5.41, 5.74) is 2.99. The van der Waals surface area contributed by atoms with Crippen molar-refractivity contribution >= 4 is 14.2 Å². The van der Waals surface area contributed by atoms with Gasteiger partial charge in [-0.15, -0.1) is 0 Å². The van der Waals surface area contributed by atoms with Crippen LogP contribution < -0.4 is 0 Å². The van der Waals surface area contributed by atoms with Crippen molar-refractivity contribution in [3.63, 3.8) is 0 Å². The summed E-state index contributed by atoms with van der Waals surface area (Å²) in [6.07, 6.45) is 1.34. The van der Waals surface area contributed by atoms with Gasteiger partial charge in [0, 0.05) is 26.8 Å². The molecule has 1 unspecified atom stereocenters. The molecule has 1 saturated heterocycles. The first-order chi connectivity index (χ1) is 15.9. The Hall–Kier alpha value is -2.16. The Morgan fingerprint density at radius 1 is 1.21 bits per heavy atom. The minimum atomic E-state index is -1.23. The van der Waals surface area contributed by atoms with Gasteiger partial charge in [0.15, 0.2) is 0 Å². The van der Waals surface area contributed by atoms with E-state index in [4.69, 9.17) is 14.5 Å². The van der Waals surface area contributed by atoms with Gasteiger partial charge in [0.2, 0.25) is 0 Å². The number of aryl methyl sites for hydroxylation is 1. The maximum absolute atomic E-state index is 13.0. The van der Waals surface area contributed by atoms with Crippen molar-refractivity contribution < 1.29 is 19.4 Å². The molecule has 3 rings (SSSR count). The quantitative estimate of drug-likeness (QED) is 0.380. The lowest BCUT2D eigenvalue weighted by molar-refractivity contribution is 0.0202. The van der Waals surface area contributed by atoms with Crippen LogP contribution in [0.4, 0.5) is 4.79 Å². The molecule has 1 atom stereocenters. The highest BCUT2D eigenvalue weighted by atomic mass is 28.3. The fourth-order valence-electron chi connectivity index (χ4n) is 4.12. The molecule has 1 aromatic carbocycles. The highest BCUT2D eigenvalue weighted by molar-refractivity contribution is 6.76. The number of aliphatic hydroxyl groups is 1. The summed E-state index contributed by atoms with van der Waals surface area (Å²) in [7, 11) is -1.23. The van der Waals surface area contributed by atoms with Gasteiger partial charge in [-0.2, -0.15) is 0 Å². The number of ether oxygens (including phenoxy) is 2. The normalized spacial score (nSPS) is 16.8. The van der Waals surface area contributed by atoms with Crippen molar-refractivity contribution in [2.75, 3.05) is 13.2 Å². The van der Waals surface area contributed by atoms with Crippen LogP contribution in [0.25, 0.3) is 11.3 Å². The minimum Gasteiger partial charge on any atom is -0.444 e. The lowest BCUT2D eigenvalue weighted by atomic mass is 10.1. The Labute approximate surface area is 205 Å². The summed E-state index contributed by atoms with van der Waals surface area (Å²) < 4.78 is 13.7. The number of imidazole rings is 1. The topological polar surface area (TPSA) is 76.8 Å². The van der Waals surface area contributed by atoms with Crippen LogP contribution in [-0.4, -0.2) is 52.5 Å². The number of amides is 1. The summed E-state index contributed by atoms with van der Waals surface area (Å²) in [6, 6.07) is 8.97. The maximum atomic E-state index is 13.0. The molecular weight excluding hydrogens is 446 g/mol. The molecule has 1 amide bonds. The van der Waals surface area contributed by atoms with Crippen LogP contribution in [0.15, 0.2) is 24.3 Å². The SMILES string of the molecule is Cc1ccc(-c2nc(C3CCCN3C(=O)OC(C)(C)C)n(COCC[Si](C)(C)C)c2CO)cc1. The van der Waals surface area contributed by atoms with Gasteiger partial charge in [-0.05, 0) is 46.6 Å². The number of aromatic nitrogens is 2. The first-order valence-electron chi connectivity index (χ1n) is 12.2. The van der Waals surface area contributed by atoms with Gasteiger partial charge in [0.05, 0.1) is 24.0 Å². The Bertz CT molecular complexity index is 974. The van der Waals surface area contributed by atoms with Crippen LogP contribution in [0.2, 0.25) is 25.7 Å². The van der Waals surface area contributed by atoms with Gasteiger partial charge in [-0.1, -0.05) is 49.5 Å². The van der Waals surface area contributed by atoms with E-state index in [1.54, 1.807) is 4.90 Å². The molecule has 0 spiro atoms. The van der Waals surface area contributed by atoms with Gasteiger partial charge < -0.3 is 19.1 Å². The molecule has 1 aromatic heterocycles. The van der Waals surface area contributed by atoms with Crippen LogP contribution in [0.5, 0.6) is 0 Å². The van der Waals surface area contributed by atoms with Crippen LogP contribution in [-0.2, 0) is 22.8 Å². The van der Waals surface area contributed by atoms with E-state index >= 15 is 0 Å². The van der Waals surface area contributed by atoms with Gasteiger partial charge in [-0.25, -0.2) is 9.78 Å². The molecule has 7 nitrogen and oxygen atoms in total. The van der Waals surface area contributed by atoms with E-state index in [0.29, 0.717) is 25.6 Å². The lowest BCUT2D eigenvalue weighted by Crippen LogP contribution is -2.37. The number of benzene rings is 1. The van der Waals surface area contributed by atoms with Crippen molar-refractivity contribution in [3.05, 3.63) is 41.3 Å². The largest absolute Gasteiger partial charge is 0.444 e. The molecule has 2 heterocycles. The van der Waals surface area contributed by atoms with Crippen molar-refractivity contribution in [1.82, 2.24) is 14.5 Å². The van der Waals surface area contributed by atoms with E-state index in [-0.39, 0.29) is 18.7 Å². The standard InChI is InChI=1S/C26H41N3O4Si/c1-19-10-12-20(13-11-19)23-22(17-30)29(18-32-15-16-34(5,6)7)24(27-23)21-9-8-14-28(21)25(31)33-26(2,3)4/h10-13,21,30H,8-9,14-18H2,1-7H3. The highest BCUT2D eigenvalue weighted by Crippen LogP contribution is 2.36. The molecule has 34 heavy (non-hydrogen) atoms. The molecule has 1 aliphatic heterocycles. The third-order valence-electron chi connectivity index (χ3n) is 5.97. The second-order valence-corrected chi connectivity index (χ2v) is 17.0. The summed E-state index contributed by atoms with van der Waals surface area (Å²) in [5, 5.41) is 10.4. The van der Waals surface area contributed by atoms with Crippen LogP contribution in [0, 0.1) is 6.92 Å². The zero-order valence-corrected chi connectivity index (χ0v) is 22.9. The number of aliphatic hydroxyl groups excluding tert-OH is 1. The van der Waals surface area contributed by atoms with Gasteiger partial charge >= 0.3 is 6.09 Å². The Morgan fingerprint density at radius 2 is 1.88 bits per heavy atom. The van der Waals surface area contributed by atoms with Crippen LogP contribution in [0.3, 0.4) is 0 Å². The second kappa shape index (κ2) is 10.6. The smallest absolute Gasteiger partial charge is 0.410 e. The monoisotopic (exact) mass is 487 g/mol. The first kappa shape index (κ1) is 26.4. The summed E-state index contributed by atoms with van der Waals surface area (Å²) >= 11 is 0. The van der Waals surface area contributed by atoms with Crippen molar-refractivity contribution in [3.8, 4) is 11.3 Å². The zero-order chi connectivity index (χ0) is 25.1. The van der Waals surface area contributed by atoms with Crippen LogP contribution >= 0.6 is 0 Å². The second-order valence-electron chi connectivity index (χ2n) is 11.4. The summed E-state index contributed by atoms with van der Waals surface area (Å²) in [6.45, 7) is 16.1. The summed E-state index contributed by atoms with van der Waals surface area (Å²) in [5.74, 6) is 0.746. The molecule has 1 N–H and O–H groups in total.